The van der Waals surface area contributed by atoms with Crippen LogP contribution in [0, 0.1) is 0 Å². The number of anilines is 1. The van der Waals surface area contributed by atoms with Gasteiger partial charge in [0.25, 0.3) is 0 Å². The van der Waals surface area contributed by atoms with E-state index in [0.29, 0.717) is 5.75 Å². The normalized spacial score (nSPS) is 15.1. The van der Waals surface area contributed by atoms with Gasteiger partial charge in [-0.05, 0) is 49.6 Å². The minimum Gasteiger partial charge on any atom is -0.497 e. The van der Waals surface area contributed by atoms with Crippen LogP contribution in [-0.2, 0) is 26.2 Å². The lowest BCUT2D eigenvalue weighted by atomic mass is 9.95. The fourth-order valence-corrected chi connectivity index (χ4v) is 5.52. The van der Waals surface area contributed by atoms with Gasteiger partial charge in [-0.3, -0.25) is 13.9 Å². The molecule has 0 radical (unpaired) electrons. The fourth-order valence-electron chi connectivity index (χ4n) is 4.37. The van der Waals surface area contributed by atoms with Crippen molar-refractivity contribution in [3.8, 4) is 5.75 Å². The number of amides is 2. The number of rotatable bonds is 10. The molecular formula is C26H34ClN3O5S. The number of carbonyl (C=O) groups is 2. The Morgan fingerprint density at radius 2 is 1.81 bits per heavy atom. The van der Waals surface area contributed by atoms with Crippen molar-refractivity contribution in [2.24, 2.45) is 0 Å². The monoisotopic (exact) mass is 535 g/mol. The van der Waals surface area contributed by atoms with E-state index in [1.165, 1.54) is 4.90 Å². The molecule has 0 spiro atoms. The van der Waals surface area contributed by atoms with Crippen molar-refractivity contribution in [3.63, 3.8) is 0 Å². The molecule has 1 aliphatic carbocycles. The van der Waals surface area contributed by atoms with Gasteiger partial charge in [0.05, 0.1) is 24.1 Å². The van der Waals surface area contributed by atoms with Crippen molar-refractivity contribution in [1.82, 2.24) is 10.2 Å². The first-order chi connectivity index (χ1) is 17.1. The number of para-hydroxylation sites is 1. The van der Waals surface area contributed by atoms with Crippen LogP contribution in [0.2, 0.25) is 5.02 Å². The molecule has 2 aromatic rings. The number of ether oxygens (including phenoxy) is 1. The zero-order valence-corrected chi connectivity index (χ0v) is 22.5. The largest absolute Gasteiger partial charge is 0.497 e. The van der Waals surface area contributed by atoms with Crippen LogP contribution in [0.4, 0.5) is 5.69 Å². The highest BCUT2D eigenvalue weighted by molar-refractivity contribution is 7.92. The van der Waals surface area contributed by atoms with Gasteiger partial charge in [0.2, 0.25) is 21.8 Å². The van der Waals surface area contributed by atoms with Crippen molar-refractivity contribution in [2.75, 3.05) is 24.2 Å². The number of benzene rings is 2. The fraction of sp³-hybridized carbons (Fsp3) is 0.462. The Morgan fingerprint density at radius 1 is 1.11 bits per heavy atom. The molecule has 0 aromatic heterocycles. The quantitative estimate of drug-likeness (QED) is 0.496. The molecule has 2 amide bonds. The van der Waals surface area contributed by atoms with Crippen LogP contribution in [0.3, 0.4) is 0 Å². The second-order valence-corrected chi connectivity index (χ2v) is 11.4. The van der Waals surface area contributed by atoms with Gasteiger partial charge in [-0.2, -0.15) is 0 Å². The predicted molar refractivity (Wildman–Crippen MR) is 142 cm³/mol. The molecule has 0 heterocycles. The molecule has 1 fully saturated rings. The topological polar surface area (TPSA) is 96.0 Å². The summed E-state index contributed by atoms with van der Waals surface area (Å²) in [5, 5.41) is 3.28. The number of hydrogen-bond acceptors (Lipinski definition) is 5. The summed E-state index contributed by atoms with van der Waals surface area (Å²) in [5.41, 5.74) is 0.958. The lowest BCUT2D eigenvalue weighted by Gasteiger charge is -2.33. The Kier molecular flexibility index (Phi) is 9.62. The molecule has 0 aliphatic heterocycles. The number of nitrogens with zero attached hydrogens (tertiary/aromatic N) is 2. The van der Waals surface area contributed by atoms with Crippen molar-refractivity contribution < 1.29 is 22.7 Å². The molecule has 8 nitrogen and oxygen atoms in total. The van der Waals surface area contributed by atoms with E-state index in [4.69, 9.17) is 16.3 Å². The first-order valence-electron chi connectivity index (χ1n) is 12.0. The predicted octanol–water partition coefficient (Wildman–Crippen LogP) is 3.98. The smallest absolute Gasteiger partial charge is 0.244 e. The second-order valence-electron chi connectivity index (χ2n) is 9.11. The molecule has 10 heteroatoms. The van der Waals surface area contributed by atoms with Crippen molar-refractivity contribution in [1.29, 1.82) is 0 Å². The van der Waals surface area contributed by atoms with E-state index < -0.39 is 28.5 Å². The third-order valence-electron chi connectivity index (χ3n) is 6.41. The lowest BCUT2D eigenvalue weighted by Crippen LogP contribution is -2.53. The summed E-state index contributed by atoms with van der Waals surface area (Å²) in [4.78, 5) is 28.2. The highest BCUT2D eigenvalue weighted by Gasteiger charge is 2.31. The van der Waals surface area contributed by atoms with Crippen molar-refractivity contribution in [3.05, 3.63) is 59.1 Å². The van der Waals surface area contributed by atoms with E-state index in [-0.39, 0.29) is 29.2 Å². The summed E-state index contributed by atoms with van der Waals surface area (Å²) in [6.07, 6.45) is 6.13. The molecule has 1 N–H and O–H groups in total. The minimum absolute atomic E-state index is 0.0816. The van der Waals surface area contributed by atoms with Crippen LogP contribution in [0.15, 0.2) is 48.5 Å². The maximum absolute atomic E-state index is 13.6. The average Bonchev–Trinajstić information content (AvgIpc) is 2.86. The Bertz CT molecular complexity index is 1170. The molecular weight excluding hydrogens is 502 g/mol. The van der Waals surface area contributed by atoms with Gasteiger partial charge in [-0.15, -0.1) is 0 Å². The first kappa shape index (κ1) is 27.8. The van der Waals surface area contributed by atoms with Crippen LogP contribution in [0.1, 0.15) is 44.6 Å². The van der Waals surface area contributed by atoms with E-state index >= 15 is 0 Å². The molecule has 3 rings (SSSR count). The third-order valence-corrected chi connectivity index (χ3v) is 7.85. The zero-order valence-electron chi connectivity index (χ0n) is 20.9. The number of hydrogen-bond donors (Lipinski definition) is 1. The molecule has 1 saturated carbocycles. The highest BCUT2D eigenvalue weighted by atomic mass is 35.5. The Morgan fingerprint density at radius 3 is 2.44 bits per heavy atom. The van der Waals surface area contributed by atoms with Gasteiger partial charge in [0, 0.05) is 12.6 Å². The van der Waals surface area contributed by atoms with E-state index in [0.717, 1.165) is 48.2 Å². The maximum atomic E-state index is 13.6. The molecule has 196 valence electrons. The van der Waals surface area contributed by atoms with Gasteiger partial charge in [-0.1, -0.05) is 55.1 Å². The highest BCUT2D eigenvalue weighted by Crippen LogP contribution is 2.27. The van der Waals surface area contributed by atoms with Gasteiger partial charge in [-0.25, -0.2) is 8.42 Å². The molecule has 0 saturated heterocycles. The third kappa shape index (κ3) is 7.36. The first-order valence-corrected chi connectivity index (χ1v) is 14.3. The number of nitrogens with one attached hydrogen (secondary N) is 1. The average molecular weight is 536 g/mol. The van der Waals surface area contributed by atoms with Gasteiger partial charge in [0.1, 0.15) is 18.3 Å². The molecule has 36 heavy (non-hydrogen) atoms. The van der Waals surface area contributed by atoms with E-state index in [1.807, 2.05) is 6.07 Å². The van der Waals surface area contributed by atoms with Crippen molar-refractivity contribution >= 4 is 39.1 Å². The van der Waals surface area contributed by atoms with E-state index in [1.54, 1.807) is 56.5 Å². The SMILES string of the molecule is COc1cccc(CN(C(=O)CN(c2ccccc2Cl)S(C)(=O)=O)C(C)C(=O)NC2CCCCC2)c1. The number of sulfonamides is 1. The van der Waals surface area contributed by atoms with Crippen LogP contribution in [0.25, 0.3) is 0 Å². The Balaban J connectivity index is 1.89. The Hall–Kier alpha value is -2.78. The number of methoxy groups -OCH3 is 1. The Labute approximate surface area is 218 Å². The van der Waals surface area contributed by atoms with Gasteiger partial charge >= 0.3 is 0 Å². The standard InChI is InChI=1S/C26H34ClN3O5S/c1-19(26(32)28-21-11-5-4-6-12-21)29(17-20-10-9-13-22(16-20)35-2)25(31)18-30(36(3,33)34)24-15-8-7-14-23(24)27/h7-10,13-16,19,21H,4-6,11-12,17-18H2,1-3H3,(H,28,32). The summed E-state index contributed by atoms with van der Waals surface area (Å²) >= 11 is 6.26. The lowest BCUT2D eigenvalue weighted by molar-refractivity contribution is -0.139. The maximum Gasteiger partial charge on any atom is 0.244 e. The molecule has 1 unspecified atom stereocenters. The van der Waals surface area contributed by atoms with Gasteiger partial charge in [0.15, 0.2) is 0 Å². The van der Waals surface area contributed by atoms with Crippen LogP contribution in [-0.4, -0.2) is 57.1 Å². The second kappa shape index (κ2) is 12.5. The van der Waals surface area contributed by atoms with E-state index in [9.17, 15) is 18.0 Å². The molecule has 1 aliphatic rings. The van der Waals surface area contributed by atoms with Gasteiger partial charge < -0.3 is 15.0 Å². The number of carbonyl (C=O) groups excluding carboxylic acids is 2. The zero-order chi connectivity index (χ0) is 26.3. The summed E-state index contributed by atoms with van der Waals surface area (Å²) in [6.45, 7) is 1.28. The van der Waals surface area contributed by atoms with Crippen LogP contribution >= 0.6 is 11.6 Å². The number of halogens is 1. The van der Waals surface area contributed by atoms with E-state index in [2.05, 4.69) is 5.32 Å². The minimum atomic E-state index is -3.84. The molecule has 1 atom stereocenters. The molecule has 0 bridgehead atoms. The van der Waals surface area contributed by atoms with Crippen LogP contribution < -0.4 is 14.4 Å². The van der Waals surface area contributed by atoms with Crippen molar-refractivity contribution in [2.45, 2.75) is 57.7 Å². The summed E-state index contributed by atoms with van der Waals surface area (Å²) in [6, 6.07) is 12.9. The summed E-state index contributed by atoms with van der Waals surface area (Å²) in [5.74, 6) is -0.163. The summed E-state index contributed by atoms with van der Waals surface area (Å²) in [7, 11) is -2.29. The van der Waals surface area contributed by atoms with Crippen LogP contribution in [0.5, 0.6) is 5.75 Å². The molecule has 2 aromatic carbocycles. The summed E-state index contributed by atoms with van der Waals surface area (Å²) < 4.78 is 31.6.